The van der Waals surface area contributed by atoms with Gasteiger partial charge in [-0.3, -0.25) is 4.79 Å². The van der Waals surface area contributed by atoms with E-state index in [0.29, 0.717) is 0 Å². The highest BCUT2D eigenvalue weighted by Gasteiger charge is 2.30. The Morgan fingerprint density at radius 3 is 2.04 bits per heavy atom. The van der Waals surface area contributed by atoms with Crippen molar-refractivity contribution in [2.45, 2.75) is 53.4 Å². The van der Waals surface area contributed by atoms with E-state index in [-0.39, 0.29) is 11.2 Å². The maximum absolute atomic E-state index is 12.9. The van der Waals surface area contributed by atoms with Crippen molar-refractivity contribution in [3.63, 3.8) is 0 Å². The molecule has 0 fully saturated rings. The topological polar surface area (TPSA) is 17.1 Å². The molecule has 2 aromatic carbocycles. The Morgan fingerprint density at radius 1 is 0.870 bits per heavy atom. The zero-order valence-electron chi connectivity index (χ0n) is 15.2. The smallest absolute Gasteiger partial charge is 0.168 e. The number of Topliss-reactive ketones (excluding diaryl/α,β-unsaturated/α-hetero) is 1. The van der Waals surface area contributed by atoms with E-state index in [1.54, 1.807) is 0 Å². The van der Waals surface area contributed by atoms with Gasteiger partial charge in [-0.05, 0) is 35.4 Å². The second-order valence-corrected chi connectivity index (χ2v) is 8.10. The monoisotopic (exact) mass is 308 g/mol. The van der Waals surface area contributed by atoms with E-state index < -0.39 is 5.41 Å². The van der Waals surface area contributed by atoms with Gasteiger partial charge >= 0.3 is 0 Å². The SMILES string of the molecule is Cc1c(CC(C)(C)C(=O)c2ccccc2)cccc1C(C)(C)C. The largest absolute Gasteiger partial charge is 0.294 e. The summed E-state index contributed by atoms with van der Waals surface area (Å²) in [7, 11) is 0. The van der Waals surface area contributed by atoms with Gasteiger partial charge in [0.15, 0.2) is 5.78 Å². The summed E-state index contributed by atoms with van der Waals surface area (Å²) in [5.41, 5.74) is 4.44. The van der Waals surface area contributed by atoms with Crippen molar-refractivity contribution < 1.29 is 4.79 Å². The Morgan fingerprint density at radius 2 is 1.48 bits per heavy atom. The van der Waals surface area contributed by atoms with Crippen molar-refractivity contribution in [1.82, 2.24) is 0 Å². The minimum atomic E-state index is -0.414. The lowest BCUT2D eigenvalue weighted by Gasteiger charge is -2.27. The van der Waals surface area contributed by atoms with Gasteiger partial charge in [0.25, 0.3) is 0 Å². The third-order valence-corrected chi connectivity index (χ3v) is 4.54. The Balaban J connectivity index is 2.33. The first-order valence-electron chi connectivity index (χ1n) is 8.32. The number of rotatable bonds is 4. The molecule has 0 saturated heterocycles. The molecule has 0 atom stereocenters. The first-order valence-corrected chi connectivity index (χ1v) is 8.32. The van der Waals surface area contributed by atoms with Crippen molar-refractivity contribution in [3.05, 3.63) is 70.8 Å². The molecule has 0 amide bonds. The van der Waals surface area contributed by atoms with Gasteiger partial charge in [-0.15, -0.1) is 0 Å². The number of hydrogen-bond acceptors (Lipinski definition) is 1. The van der Waals surface area contributed by atoms with Crippen molar-refractivity contribution >= 4 is 5.78 Å². The Hall–Kier alpha value is -1.89. The van der Waals surface area contributed by atoms with Gasteiger partial charge in [-0.2, -0.15) is 0 Å². The maximum atomic E-state index is 12.9. The third-order valence-electron chi connectivity index (χ3n) is 4.54. The van der Waals surface area contributed by atoms with E-state index in [2.05, 4.69) is 45.9 Å². The molecule has 0 heterocycles. The van der Waals surface area contributed by atoms with E-state index in [1.807, 2.05) is 44.2 Å². The molecular formula is C22H28O. The fourth-order valence-corrected chi connectivity index (χ4v) is 3.22. The highest BCUT2D eigenvalue weighted by atomic mass is 16.1. The summed E-state index contributed by atoms with van der Waals surface area (Å²) in [6.07, 6.45) is 0.760. The lowest BCUT2D eigenvalue weighted by Crippen LogP contribution is -2.27. The molecule has 0 aromatic heterocycles. The molecule has 0 N–H and O–H groups in total. The van der Waals surface area contributed by atoms with Gasteiger partial charge in [-0.25, -0.2) is 0 Å². The lowest BCUT2D eigenvalue weighted by molar-refractivity contribution is 0.0837. The molecule has 1 heteroatoms. The molecule has 0 radical (unpaired) electrons. The van der Waals surface area contributed by atoms with Crippen LogP contribution in [0.15, 0.2) is 48.5 Å². The van der Waals surface area contributed by atoms with Crippen molar-refractivity contribution in [2.24, 2.45) is 5.41 Å². The lowest BCUT2D eigenvalue weighted by atomic mass is 9.76. The molecule has 0 spiro atoms. The zero-order chi connectivity index (χ0) is 17.3. The number of carbonyl (C=O) groups is 1. The number of carbonyl (C=O) groups excluding carboxylic acids is 1. The molecule has 0 saturated carbocycles. The van der Waals surface area contributed by atoms with Gasteiger partial charge in [0.2, 0.25) is 0 Å². The van der Waals surface area contributed by atoms with E-state index in [1.165, 1.54) is 16.7 Å². The minimum absolute atomic E-state index is 0.119. The van der Waals surface area contributed by atoms with Crippen molar-refractivity contribution in [2.75, 3.05) is 0 Å². The quantitative estimate of drug-likeness (QED) is 0.658. The second kappa shape index (κ2) is 6.31. The summed E-state index contributed by atoms with van der Waals surface area (Å²) in [6.45, 7) is 13.0. The van der Waals surface area contributed by atoms with Crippen molar-refractivity contribution in [1.29, 1.82) is 0 Å². The first-order chi connectivity index (χ1) is 10.6. The van der Waals surface area contributed by atoms with Gasteiger partial charge in [0, 0.05) is 11.0 Å². The van der Waals surface area contributed by atoms with E-state index in [4.69, 9.17) is 0 Å². The summed E-state index contributed by atoms with van der Waals surface area (Å²) in [5.74, 6) is 0.207. The van der Waals surface area contributed by atoms with Crippen LogP contribution < -0.4 is 0 Å². The summed E-state index contributed by atoms with van der Waals surface area (Å²) in [5, 5.41) is 0. The predicted molar refractivity (Wildman–Crippen MR) is 98.1 cm³/mol. The van der Waals surface area contributed by atoms with E-state index in [0.717, 1.165) is 12.0 Å². The maximum Gasteiger partial charge on any atom is 0.168 e. The van der Waals surface area contributed by atoms with Crippen molar-refractivity contribution in [3.8, 4) is 0 Å². The number of hydrogen-bond donors (Lipinski definition) is 0. The van der Waals surface area contributed by atoms with Crippen LogP contribution >= 0.6 is 0 Å². The average molecular weight is 308 g/mol. The fourth-order valence-electron chi connectivity index (χ4n) is 3.22. The molecule has 0 aliphatic rings. The summed E-state index contributed by atoms with van der Waals surface area (Å²) in [4.78, 5) is 12.9. The summed E-state index contributed by atoms with van der Waals surface area (Å²) < 4.78 is 0. The molecule has 0 aliphatic heterocycles. The second-order valence-electron chi connectivity index (χ2n) is 8.10. The zero-order valence-corrected chi connectivity index (χ0v) is 15.2. The van der Waals surface area contributed by atoms with E-state index >= 15 is 0 Å². The van der Waals surface area contributed by atoms with Crippen LogP contribution in [0.5, 0.6) is 0 Å². The molecule has 122 valence electrons. The van der Waals surface area contributed by atoms with Gasteiger partial charge in [-0.1, -0.05) is 83.1 Å². The van der Waals surface area contributed by atoms with Crippen LogP contribution in [0.4, 0.5) is 0 Å². The molecule has 0 aliphatic carbocycles. The van der Waals surface area contributed by atoms with Crippen LogP contribution in [0.25, 0.3) is 0 Å². The summed E-state index contributed by atoms with van der Waals surface area (Å²) in [6, 6.07) is 16.1. The van der Waals surface area contributed by atoms with Crippen LogP contribution in [0, 0.1) is 12.3 Å². The Kier molecular flexibility index (Phi) is 4.79. The van der Waals surface area contributed by atoms with Crippen LogP contribution in [0.3, 0.4) is 0 Å². The third kappa shape index (κ3) is 3.90. The molecule has 2 aromatic rings. The minimum Gasteiger partial charge on any atom is -0.294 e. The van der Waals surface area contributed by atoms with Gasteiger partial charge in [0.1, 0.15) is 0 Å². The van der Waals surface area contributed by atoms with Gasteiger partial charge in [0.05, 0.1) is 0 Å². The molecule has 0 unspecified atom stereocenters. The van der Waals surface area contributed by atoms with Gasteiger partial charge < -0.3 is 0 Å². The molecule has 0 bridgehead atoms. The van der Waals surface area contributed by atoms with Crippen LogP contribution in [0.1, 0.15) is 61.7 Å². The molecule has 2 rings (SSSR count). The number of benzene rings is 2. The molecule has 1 nitrogen and oxygen atoms in total. The van der Waals surface area contributed by atoms with E-state index in [9.17, 15) is 4.79 Å². The molecular weight excluding hydrogens is 280 g/mol. The Labute approximate surface area is 140 Å². The average Bonchev–Trinajstić information content (AvgIpc) is 2.48. The van der Waals surface area contributed by atoms with Crippen LogP contribution in [-0.4, -0.2) is 5.78 Å². The predicted octanol–water partition coefficient (Wildman–Crippen LogP) is 5.74. The van der Waals surface area contributed by atoms with Crippen LogP contribution in [0.2, 0.25) is 0 Å². The van der Waals surface area contributed by atoms with Crippen LogP contribution in [-0.2, 0) is 11.8 Å². The first kappa shape index (κ1) is 17.5. The fraction of sp³-hybridized carbons (Fsp3) is 0.409. The summed E-state index contributed by atoms with van der Waals surface area (Å²) >= 11 is 0. The Bertz CT molecular complexity index is 688. The standard InChI is InChI=1S/C22H28O/c1-16-18(13-10-14-19(16)21(2,3)4)15-22(5,6)20(23)17-11-8-7-9-12-17/h7-14H,15H2,1-6H3. The highest BCUT2D eigenvalue weighted by molar-refractivity contribution is 6.00. The highest BCUT2D eigenvalue weighted by Crippen LogP contribution is 2.32. The number of ketones is 1. The molecule has 23 heavy (non-hydrogen) atoms. The normalized spacial score (nSPS) is 12.3.